The monoisotopic (exact) mass is 527 g/mol. The first-order valence-corrected chi connectivity index (χ1v) is 13.8. The van der Waals surface area contributed by atoms with Gasteiger partial charge in [-0.1, -0.05) is 30.3 Å². The summed E-state index contributed by atoms with van der Waals surface area (Å²) in [5, 5.41) is 2.97. The molecular formula is C32H37N3O4. The van der Waals surface area contributed by atoms with E-state index >= 15 is 0 Å². The Morgan fingerprint density at radius 2 is 1.51 bits per heavy atom. The van der Waals surface area contributed by atoms with Crippen molar-refractivity contribution in [3.05, 3.63) is 83.4 Å². The molecule has 204 valence electrons. The summed E-state index contributed by atoms with van der Waals surface area (Å²) < 4.78 is 10.6. The largest absolute Gasteiger partial charge is 0.497 e. The second kappa shape index (κ2) is 12.2. The molecule has 0 aliphatic carbocycles. The maximum absolute atomic E-state index is 13.6. The normalized spacial score (nSPS) is 15.7. The Morgan fingerprint density at radius 1 is 0.846 bits per heavy atom. The smallest absolute Gasteiger partial charge is 0.256 e. The second-order valence-corrected chi connectivity index (χ2v) is 10.4. The topological polar surface area (TPSA) is 71.1 Å². The van der Waals surface area contributed by atoms with Gasteiger partial charge in [-0.05, 0) is 73.9 Å². The number of nitrogens with one attached hydrogen (secondary N) is 1. The summed E-state index contributed by atoms with van der Waals surface area (Å²) in [5.41, 5.74) is 4.00. The van der Waals surface area contributed by atoms with E-state index in [2.05, 4.69) is 40.5 Å². The van der Waals surface area contributed by atoms with Gasteiger partial charge in [-0.15, -0.1) is 0 Å². The van der Waals surface area contributed by atoms with E-state index in [1.807, 2.05) is 23.1 Å². The van der Waals surface area contributed by atoms with Crippen LogP contribution in [0.1, 0.15) is 52.0 Å². The minimum absolute atomic E-state index is 0.0352. The number of hydrogen-bond donors (Lipinski definition) is 1. The van der Waals surface area contributed by atoms with Crippen LogP contribution in [0.3, 0.4) is 0 Å². The van der Waals surface area contributed by atoms with Crippen molar-refractivity contribution >= 4 is 23.2 Å². The van der Waals surface area contributed by atoms with Gasteiger partial charge in [0, 0.05) is 49.2 Å². The maximum Gasteiger partial charge on any atom is 0.256 e. The van der Waals surface area contributed by atoms with E-state index in [9.17, 15) is 9.59 Å². The van der Waals surface area contributed by atoms with Gasteiger partial charge in [0.25, 0.3) is 11.8 Å². The molecule has 0 bridgehead atoms. The van der Waals surface area contributed by atoms with E-state index in [4.69, 9.17) is 9.47 Å². The molecule has 2 saturated heterocycles. The van der Waals surface area contributed by atoms with Crippen LogP contribution in [0, 0.1) is 5.92 Å². The molecule has 2 fully saturated rings. The van der Waals surface area contributed by atoms with Crippen molar-refractivity contribution in [2.24, 2.45) is 5.92 Å². The van der Waals surface area contributed by atoms with Crippen LogP contribution in [-0.2, 0) is 6.42 Å². The van der Waals surface area contributed by atoms with E-state index in [1.54, 1.807) is 32.4 Å². The molecule has 2 aliphatic rings. The molecule has 7 nitrogen and oxygen atoms in total. The lowest BCUT2D eigenvalue weighted by Crippen LogP contribution is -2.36. The van der Waals surface area contributed by atoms with Crippen molar-refractivity contribution < 1.29 is 19.1 Å². The number of rotatable bonds is 8. The average molecular weight is 528 g/mol. The van der Waals surface area contributed by atoms with Gasteiger partial charge >= 0.3 is 0 Å². The van der Waals surface area contributed by atoms with Gasteiger partial charge in [0.1, 0.15) is 11.5 Å². The third-order valence-electron chi connectivity index (χ3n) is 7.81. The molecular weight excluding hydrogens is 490 g/mol. The number of ether oxygens (including phenoxy) is 2. The Bertz CT molecular complexity index is 1270. The summed E-state index contributed by atoms with van der Waals surface area (Å²) in [5.74, 6) is 1.46. The van der Waals surface area contributed by atoms with Crippen molar-refractivity contribution in [3.63, 3.8) is 0 Å². The van der Waals surface area contributed by atoms with E-state index < -0.39 is 0 Å². The molecule has 3 aromatic rings. The fourth-order valence-corrected chi connectivity index (χ4v) is 5.62. The van der Waals surface area contributed by atoms with Crippen molar-refractivity contribution in [3.8, 4) is 11.5 Å². The Kier molecular flexibility index (Phi) is 8.35. The minimum Gasteiger partial charge on any atom is -0.497 e. The van der Waals surface area contributed by atoms with Gasteiger partial charge in [-0.3, -0.25) is 9.59 Å². The van der Waals surface area contributed by atoms with Crippen LogP contribution in [0.2, 0.25) is 0 Å². The third kappa shape index (κ3) is 6.36. The molecule has 0 aromatic heterocycles. The number of hydrogen-bond acceptors (Lipinski definition) is 5. The van der Waals surface area contributed by atoms with E-state index in [-0.39, 0.29) is 11.8 Å². The lowest BCUT2D eigenvalue weighted by Gasteiger charge is -2.35. The van der Waals surface area contributed by atoms with Gasteiger partial charge in [0.15, 0.2) is 0 Å². The zero-order valence-corrected chi connectivity index (χ0v) is 22.8. The third-order valence-corrected chi connectivity index (χ3v) is 7.81. The van der Waals surface area contributed by atoms with Crippen LogP contribution in [-0.4, -0.2) is 57.1 Å². The molecule has 0 unspecified atom stereocenters. The lowest BCUT2D eigenvalue weighted by atomic mass is 9.89. The highest BCUT2D eigenvalue weighted by Gasteiger charge is 2.27. The summed E-state index contributed by atoms with van der Waals surface area (Å²) >= 11 is 0. The Hall–Kier alpha value is -4.00. The van der Waals surface area contributed by atoms with Crippen LogP contribution >= 0.6 is 0 Å². The number of piperidine rings is 1. The summed E-state index contributed by atoms with van der Waals surface area (Å²) in [7, 11) is 3.10. The fraction of sp³-hybridized carbons (Fsp3) is 0.375. The summed E-state index contributed by atoms with van der Waals surface area (Å²) in [6, 6.07) is 21.4. The zero-order valence-electron chi connectivity index (χ0n) is 22.8. The van der Waals surface area contributed by atoms with Crippen molar-refractivity contribution in [1.29, 1.82) is 0 Å². The minimum atomic E-state index is -0.291. The molecule has 0 saturated carbocycles. The van der Waals surface area contributed by atoms with Gasteiger partial charge in [0.2, 0.25) is 0 Å². The van der Waals surface area contributed by atoms with Gasteiger partial charge in [-0.25, -0.2) is 0 Å². The number of amides is 2. The molecule has 0 radical (unpaired) electrons. The highest BCUT2D eigenvalue weighted by Crippen LogP contribution is 2.32. The molecule has 5 rings (SSSR count). The molecule has 2 aliphatic heterocycles. The maximum atomic E-state index is 13.6. The first kappa shape index (κ1) is 26.6. The van der Waals surface area contributed by atoms with Crippen LogP contribution < -0.4 is 19.7 Å². The number of carbonyl (C=O) groups is 2. The fourth-order valence-electron chi connectivity index (χ4n) is 5.62. The standard InChI is InChI=1S/C32H37N3O4/c1-38-27-19-25(20-28(22-27)39-2)31(36)33-26-10-11-30(29(21-26)32(37)35-14-6-7-15-35)34-16-12-24(13-17-34)18-23-8-4-3-5-9-23/h3-5,8-11,19-22,24H,6-7,12-18H2,1-2H3,(H,33,36). The van der Waals surface area contributed by atoms with Crippen LogP contribution in [0.15, 0.2) is 66.7 Å². The first-order chi connectivity index (χ1) is 19.0. The second-order valence-electron chi connectivity index (χ2n) is 10.4. The number of nitrogens with zero attached hydrogens (tertiary/aromatic N) is 2. The number of methoxy groups -OCH3 is 2. The Morgan fingerprint density at radius 3 is 2.15 bits per heavy atom. The zero-order chi connectivity index (χ0) is 27.2. The predicted molar refractivity (Wildman–Crippen MR) is 154 cm³/mol. The van der Waals surface area contributed by atoms with Crippen molar-refractivity contribution in [1.82, 2.24) is 4.90 Å². The lowest BCUT2D eigenvalue weighted by molar-refractivity contribution is 0.0793. The molecule has 0 atom stereocenters. The highest BCUT2D eigenvalue weighted by molar-refractivity contribution is 6.06. The van der Waals surface area contributed by atoms with Gasteiger partial charge in [-0.2, -0.15) is 0 Å². The van der Waals surface area contributed by atoms with E-state index in [0.29, 0.717) is 34.2 Å². The highest BCUT2D eigenvalue weighted by atomic mass is 16.5. The SMILES string of the molecule is COc1cc(OC)cc(C(=O)Nc2ccc(N3CCC(Cc4ccccc4)CC3)c(C(=O)N3CCCC3)c2)c1. The van der Waals surface area contributed by atoms with Crippen molar-refractivity contribution in [2.45, 2.75) is 32.1 Å². The summed E-state index contributed by atoms with van der Waals surface area (Å²) in [6.07, 6.45) is 5.32. The van der Waals surface area contributed by atoms with E-state index in [0.717, 1.165) is 64.0 Å². The number of likely N-dealkylation sites (tertiary alicyclic amines) is 1. The summed E-state index contributed by atoms with van der Waals surface area (Å²) in [4.78, 5) is 31.0. The Labute approximate surface area is 230 Å². The van der Waals surface area contributed by atoms with Crippen LogP contribution in [0.25, 0.3) is 0 Å². The van der Waals surface area contributed by atoms with Gasteiger partial charge in [0.05, 0.1) is 19.8 Å². The molecule has 2 amide bonds. The molecule has 0 spiro atoms. The quantitative estimate of drug-likeness (QED) is 0.410. The van der Waals surface area contributed by atoms with Crippen molar-refractivity contribution in [2.75, 3.05) is 50.6 Å². The van der Waals surface area contributed by atoms with Crippen LogP contribution in [0.4, 0.5) is 11.4 Å². The number of benzene rings is 3. The molecule has 1 N–H and O–H groups in total. The molecule has 2 heterocycles. The molecule has 3 aromatic carbocycles. The number of carbonyl (C=O) groups excluding carboxylic acids is 2. The summed E-state index contributed by atoms with van der Waals surface area (Å²) in [6.45, 7) is 3.37. The molecule has 7 heteroatoms. The number of anilines is 2. The van der Waals surface area contributed by atoms with Crippen LogP contribution in [0.5, 0.6) is 11.5 Å². The van der Waals surface area contributed by atoms with Gasteiger partial charge < -0.3 is 24.6 Å². The average Bonchev–Trinajstić information content (AvgIpc) is 3.53. The predicted octanol–water partition coefficient (Wildman–Crippen LogP) is 5.65. The van der Waals surface area contributed by atoms with E-state index in [1.165, 1.54) is 5.56 Å². The Balaban J connectivity index is 1.35. The first-order valence-electron chi connectivity index (χ1n) is 13.8. The molecule has 39 heavy (non-hydrogen) atoms.